The fourth-order valence-electron chi connectivity index (χ4n) is 7.30. The zero-order chi connectivity index (χ0) is 21.1. The molecular formula is C19H21F4NO4S. The molecule has 0 N–H and O–H groups in total. The quantitative estimate of drug-likeness (QED) is 0.376. The van der Waals surface area contributed by atoms with Crippen LogP contribution in [-0.2, 0) is 19.2 Å². The molecule has 1 heterocycles. The number of amides is 1. The van der Waals surface area contributed by atoms with Gasteiger partial charge in [-0.15, -0.1) is 4.28 Å². The van der Waals surface area contributed by atoms with Gasteiger partial charge in [-0.1, -0.05) is 13.2 Å². The maximum absolute atomic E-state index is 13.9. The van der Waals surface area contributed by atoms with Gasteiger partial charge in [0.1, 0.15) is 0 Å². The van der Waals surface area contributed by atoms with Crippen LogP contribution >= 0.6 is 0 Å². The molecule has 8 atom stereocenters. The predicted molar refractivity (Wildman–Crippen MR) is 92.5 cm³/mol. The maximum atomic E-state index is 13.9. The van der Waals surface area contributed by atoms with E-state index in [-0.39, 0.29) is 28.5 Å². The number of allylic oxidation sites excluding steroid dienone is 2. The molecule has 5 fully saturated rings. The van der Waals surface area contributed by atoms with E-state index in [1.165, 1.54) is 0 Å². The lowest BCUT2D eigenvalue weighted by Gasteiger charge is -2.39. The Balaban J connectivity index is 1.43. The first kappa shape index (κ1) is 19.5. The molecule has 0 aromatic carbocycles. The number of hydrogen-bond donors (Lipinski definition) is 0. The molecule has 4 saturated carbocycles. The highest BCUT2D eigenvalue weighted by atomic mass is 32.2. The van der Waals surface area contributed by atoms with Gasteiger partial charge in [0.05, 0.1) is 5.92 Å². The Morgan fingerprint density at radius 2 is 1.59 bits per heavy atom. The van der Waals surface area contributed by atoms with E-state index in [0.717, 1.165) is 25.7 Å². The molecule has 0 aromatic rings. The molecule has 1 amide bonds. The zero-order valence-corrected chi connectivity index (χ0v) is 16.3. The summed E-state index contributed by atoms with van der Waals surface area (Å²) < 4.78 is 83.1. The Labute approximate surface area is 165 Å². The van der Waals surface area contributed by atoms with Crippen LogP contribution in [0.25, 0.3) is 0 Å². The summed E-state index contributed by atoms with van der Waals surface area (Å²) in [5.74, 6) is -4.64. The molecule has 4 aliphatic carbocycles. The minimum atomic E-state index is -6.16. The molecule has 8 unspecified atom stereocenters. The standard InChI is InChI=1S/C19H21F4NO4S/c1-3-18(20,21)19(22,23)29(26,27)28-24-8(2)13-11-7-12(16(13)17(24)25)15-10-5-4-9(6-10)14(11)15/h3,9-16H,1-2,4-7H2. The summed E-state index contributed by atoms with van der Waals surface area (Å²) in [5, 5.41) is -5.34. The number of alkyl halides is 4. The van der Waals surface area contributed by atoms with Gasteiger partial charge in [0, 0.05) is 11.6 Å². The number of hydroxylamine groups is 2. The van der Waals surface area contributed by atoms with Crippen LogP contribution in [0.5, 0.6) is 0 Å². The minimum Gasteiger partial charge on any atom is -0.272 e. The Morgan fingerprint density at radius 3 is 2.14 bits per heavy atom. The predicted octanol–water partition coefficient (Wildman–Crippen LogP) is 3.56. The van der Waals surface area contributed by atoms with Gasteiger partial charge >= 0.3 is 21.3 Å². The van der Waals surface area contributed by atoms with Crippen molar-refractivity contribution in [2.75, 3.05) is 0 Å². The Hall–Kier alpha value is -1.42. The maximum Gasteiger partial charge on any atom is 0.437 e. The van der Waals surface area contributed by atoms with E-state index in [0.29, 0.717) is 23.7 Å². The summed E-state index contributed by atoms with van der Waals surface area (Å²) >= 11 is 0. The third-order valence-corrected chi connectivity index (χ3v) is 9.40. The van der Waals surface area contributed by atoms with Crippen LogP contribution in [0.4, 0.5) is 17.6 Å². The number of halogens is 4. The lowest BCUT2D eigenvalue weighted by molar-refractivity contribution is -0.158. The van der Waals surface area contributed by atoms with E-state index in [1.54, 1.807) is 0 Å². The topological polar surface area (TPSA) is 63.7 Å². The fourth-order valence-corrected chi connectivity index (χ4v) is 8.18. The zero-order valence-electron chi connectivity index (χ0n) is 15.4. The number of hydrogen-bond acceptors (Lipinski definition) is 4. The first-order valence-corrected chi connectivity index (χ1v) is 11.2. The lowest BCUT2D eigenvalue weighted by atomic mass is 9.64. The minimum absolute atomic E-state index is 0.0185. The van der Waals surface area contributed by atoms with E-state index in [1.807, 2.05) is 0 Å². The van der Waals surface area contributed by atoms with Crippen molar-refractivity contribution in [3.8, 4) is 0 Å². The molecule has 1 aliphatic heterocycles. The molecule has 10 heteroatoms. The van der Waals surface area contributed by atoms with Crippen molar-refractivity contribution in [2.45, 2.75) is 36.9 Å². The van der Waals surface area contributed by atoms with E-state index < -0.39 is 39.2 Å². The van der Waals surface area contributed by atoms with Crippen molar-refractivity contribution in [1.82, 2.24) is 5.06 Å². The summed E-state index contributed by atoms with van der Waals surface area (Å²) in [4.78, 5) is 12.9. The molecule has 1 saturated heterocycles. The van der Waals surface area contributed by atoms with Crippen molar-refractivity contribution in [3.63, 3.8) is 0 Å². The number of nitrogens with zero attached hydrogens (tertiary/aromatic N) is 1. The number of fused-ring (bicyclic) bond motifs is 12. The largest absolute Gasteiger partial charge is 0.437 e. The van der Waals surface area contributed by atoms with Gasteiger partial charge in [-0.25, -0.2) is 0 Å². The van der Waals surface area contributed by atoms with Crippen molar-refractivity contribution < 1.29 is 35.1 Å². The van der Waals surface area contributed by atoms with Crippen molar-refractivity contribution in [2.24, 2.45) is 47.3 Å². The first-order chi connectivity index (χ1) is 13.4. The summed E-state index contributed by atoms with van der Waals surface area (Å²) in [6, 6.07) is 0. The van der Waals surface area contributed by atoms with Crippen molar-refractivity contribution in [1.29, 1.82) is 0 Å². The van der Waals surface area contributed by atoms with Gasteiger partial charge in [-0.3, -0.25) is 4.79 Å². The normalized spacial score (nSPS) is 43.2. The molecular weight excluding hydrogens is 414 g/mol. The van der Waals surface area contributed by atoms with E-state index >= 15 is 0 Å². The van der Waals surface area contributed by atoms with Crippen molar-refractivity contribution >= 4 is 16.0 Å². The molecule has 5 aliphatic rings. The highest BCUT2D eigenvalue weighted by Gasteiger charge is 2.72. The second kappa shape index (κ2) is 5.63. The van der Waals surface area contributed by atoms with E-state index in [9.17, 15) is 30.8 Å². The average molecular weight is 435 g/mol. The summed E-state index contributed by atoms with van der Waals surface area (Å²) in [5.41, 5.74) is -0.0185. The van der Waals surface area contributed by atoms with Gasteiger partial charge < -0.3 is 0 Å². The lowest BCUT2D eigenvalue weighted by Crippen LogP contribution is -2.48. The highest BCUT2D eigenvalue weighted by molar-refractivity contribution is 7.87. The van der Waals surface area contributed by atoms with Gasteiger partial charge in [0.25, 0.3) is 5.91 Å². The van der Waals surface area contributed by atoms with E-state index in [2.05, 4.69) is 17.4 Å². The molecule has 4 bridgehead atoms. The molecule has 29 heavy (non-hydrogen) atoms. The van der Waals surface area contributed by atoms with Gasteiger partial charge in [-0.05, 0) is 67.3 Å². The van der Waals surface area contributed by atoms with Crippen LogP contribution in [0.2, 0.25) is 0 Å². The highest BCUT2D eigenvalue weighted by Crippen LogP contribution is 2.72. The summed E-state index contributed by atoms with van der Waals surface area (Å²) in [6.07, 6.45) is 3.80. The third-order valence-electron chi connectivity index (χ3n) is 8.15. The Bertz CT molecular complexity index is 879. The van der Waals surface area contributed by atoms with Crippen LogP contribution < -0.4 is 0 Å². The second-order valence-corrected chi connectivity index (χ2v) is 10.7. The van der Waals surface area contributed by atoms with Gasteiger partial charge in [-0.2, -0.15) is 31.0 Å². The van der Waals surface area contributed by atoms with Crippen LogP contribution in [0, 0.1) is 47.3 Å². The van der Waals surface area contributed by atoms with Crippen LogP contribution in [0.15, 0.2) is 24.9 Å². The molecule has 0 aromatic heterocycles. The monoisotopic (exact) mass is 435 g/mol. The van der Waals surface area contributed by atoms with Crippen molar-refractivity contribution in [3.05, 3.63) is 24.9 Å². The fraction of sp³-hybridized carbons (Fsp3) is 0.737. The SMILES string of the molecule is C=CC(F)(F)C(F)(F)S(=O)(=O)ON1C(=C)C2C3CC(C2C1=O)C1C2CCC(C2)C31. The molecule has 0 radical (unpaired) electrons. The first-order valence-electron chi connectivity index (χ1n) is 9.79. The number of rotatable bonds is 5. The van der Waals surface area contributed by atoms with E-state index in [4.69, 9.17) is 0 Å². The smallest absolute Gasteiger partial charge is 0.272 e. The number of carbonyl (C=O) groups is 1. The number of carbonyl (C=O) groups excluding carboxylic acids is 1. The van der Waals surface area contributed by atoms with Gasteiger partial charge in [0.15, 0.2) is 0 Å². The molecule has 5 rings (SSSR count). The Morgan fingerprint density at radius 1 is 1.03 bits per heavy atom. The molecule has 160 valence electrons. The summed E-state index contributed by atoms with van der Waals surface area (Å²) in [6.45, 7) is 6.29. The second-order valence-electron chi connectivity index (χ2n) is 9.10. The summed E-state index contributed by atoms with van der Waals surface area (Å²) in [7, 11) is -6.16. The molecule has 0 spiro atoms. The van der Waals surface area contributed by atoms with Crippen LogP contribution in [0.3, 0.4) is 0 Å². The average Bonchev–Trinajstić information content (AvgIpc) is 3.44. The van der Waals surface area contributed by atoms with Crippen LogP contribution in [0.1, 0.15) is 25.7 Å². The van der Waals surface area contributed by atoms with Gasteiger partial charge in [0.2, 0.25) is 0 Å². The molecule has 5 nitrogen and oxygen atoms in total. The Kier molecular flexibility index (Phi) is 3.79. The third kappa shape index (κ3) is 2.19. The van der Waals surface area contributed by atoms with Crippen LogP contribution in [-0.4, -0.2) is 30.6 Å².